The first-order valence-electron chi connectivity index (χ1n) is 6.25. The number of rotatable bonds is 6. The summed E-state index contributed by atoms with van der Waals surface area (Å²) in [6.07, 6.45) is 0. The Kier molecular flexibility index (Phi) is 6.10. The summed E-state index contributed by atoms with van der Waals surface area (Å²) in [6.45, 7) is 1.81. The Morgan fingerprint density at radius 3 is 3.00 bits per heavy atom. The number of aromatic amines is 1. The summed E-state index contributed by atoms with van der Waals surface area (Å²) in [5, 5.41) is 10.7. The Morgan fingerprint density at radius 2 is 2.32 bits per heavy atom. The van der Waals surface area contributed by atoms with Gasteiger partial charge in [0.05, 0.1) is 18.6 Å². The molecule has 1 amide bonds. The Morgan fingerprint density at radius 1 is 1.55 bits per heavy atom. The third-order valence-corrected chi connectivity index (χ3v) is 4.82. The van der Waals surface area contributed by atoms with E-state index < -0.39 is 0 Å². The van der Waals surface area contributed by atoms with Crippen LogP contribution in [-0.4, -0.2) is 34.7 Å². The van der Waals surface area contributed by atoms with Crippen molar-refractivity contribution in [1.29, 1.82) is 0 Å². The minimum atomic E-state index is -0.208. The Balaban J connectivity index is 1.92. The normalized spacial score (nSPS) is 11.3. The van der Waals surface area contributed by atoms with E-state index in [0.717, 1.165) is 9.90 Å². The summed E-state index contributed by atoms with van der Waals surface area (Å²) in [5.41, 5.74) is 4.03. The number of hydrogen-bond donors (Lipinski definition) is 2. The molecule has 1 aromatic carbocycles. The number of nitrogens with zero attached hydrogens (tertiary/aromatic N) is 2. The van der Waals surface area contributed by atoms with Gasteiger partial charge in [0.1, 0.15) is 5.75 Å². The fourth-order valence-corrected chi connectivity index (χ4v) is 3.46. The van der Waals surface area contributed by atoms with Crippen LogP contribution >= 0.6 is 35.3 Å². The zero-order valence-corrected chi connectivity index (χ0v) is 14.4. The highest BCUT2D eigenvalue weighted by Crippen LogP contribution is 2.20. The smallest absolute Gasteiger partial charge is 0.250 e. The number of methoxy groups -OCH3 is 1. The Labute approximate surface area is 141 Å². The van der Waals surface area contributed by atoms with Crippen molar-refractivity contribution in [2.75, 3.05) is 12.9 Å². The van der Waals surface area contributed by atoms with Gasteiger partial charge in [0.25, 0.3) is 5.91 Å². The molecule has 1 heterocycles. The molecular weight excluding hydrogens is 340 g/mol. The van der Waals surface area contributed by atoms with Crippen molar-refractivity contribution >= 4 is 46.9 Å². The SMILES string of the molecule is COc1ccccc1C(C)=NNC(=O)CSc1n[nH]c(=S)s1. The van der Waals surface area contributed by atoms with Crippen LogP contribution in [0.25, 0.3) is 0 Å². The van der Waals surface area contributed by atoms with E-state index in [4.69, 9.17) is 17.0 Å². The van der Waals surface area contributed by atoms with E-state index in [1.54, 1.807) is 7.11 Å². The van der Waals surface area contributed by atoms with Gasteiger partial charge in [-0.2, -0.15) is 10.2 Å². The van der Waals surface area contributed by atoms with Gasteiger partial charge >= 0.3 is 0 Å². The van der Waals surface area contributed by atoms with E-state index >= 15 is 0 Å². The van der Waals surface area contributed by atoms with Gasteiger partial charge in [0.2, 0.25) is 0 Å². The lowest BCUT2D eigenvalue weighted by Crippen LogP contribution is -2.21. The van der Waals surface area contributed by atoms with Gasteiger partial charge in [-0.25, -0.2) is 5.43 Å². The van der Waals surface area contributed by atoms with Crippen LogP contribution in [-0.2, 0) is 4.79 Å². The summed E-state index contributed by atoms with van der Waals surface area (Å²) < 4.78 is 6.58. The molecule has 0 spiro atoms. The van der Waals surface area contributed by atoms with Crippen molar-refractivity contribution in [2.45, 2.75) is 11.3 Å². The van der Waals surface area contributed by atoms with E-state index in [1.807, 2.05) is 31.2 Å². The molecule has 0 bridgehead atoms. The van der Waals surface area contributed by atoms with Gasteiger partial charge in [-0.15, -0.1) is 0 Å². The molecule has 6 nitrogen and oxygen atoms in total. The number of carbonyl (C=O) groups excluding carboxylic acids is 1. The zero-order chi connectivity index (χ0) is 15.9. The highest BCUT2D eigenvalue weighted by Gasteiger charge is 2.07. The molecule has 0 unspecified atom stereocenters. The quantitative estimate of drug-likeness (QED) is 0.361. The third-order valence-electron chi connectivity index (χ3n) is 2.59. The fraction of sp³-hybridized carbons (Fsp3) is 0.231. The van der Waals surface area contributed by atoms with Crippen molar-refractivity contribution in [3.63, 3.8) is 0 Å². The summed E-state index contributed by atoms with van der Waals surface area (Å²) in [6, 6.07) is 7.50. The first-order valence-corrected chi connectivity index (χ1v) is 8.46. The van der Waals surface area contributed by atoms with E-state index in [2.05, 4.69) is 20.7 Å². The van der Waals surface area contributed by atoms with Crippen molar-refractivity contribution in [2.24, 2.45) is 5.10 Å². The maximum absolute atomic E-state index is 11.8. The first kappa shape index (κ1) is 16.7. The second kappa shape index (κ2) is 8.06. The molecule has 1 aromatic heterocycles. The number of para-hydroxylation sites is 1. The molecule has 22 heavy (non-hydrogen) atoms. The number of aromatic nitrogens is 2. The van der Waals surface area contributed by atoms with Crippen LogP contribution in [0.3, 0.4) is 0 Å². The van der Waals surface area contributed by atoms with Gasteiger partial charge in [-0.1, -0.05) is 35.2 Å². The number of hydrogen-bond acceptors (Lipinski definition) is 7. The maximum atomic E-state index is 11.8. The predicted octanol–water partition coefficient (Wildman–Crippen LogP) is 2.84. The molecule has 2 aromatic rings. The van der Waals surface area contributed by atoms with Crippen LogP contribution in [0.4, 0.5) is 0 Å². The highest BCUT2D eigenvalue weighted by atomic mass is 32.2. The second-order valence-electron chi connectivity index (χ2n) is 4.10. The van der Waals surface area contributed by atoms with E-state index in [0.29, 0.717) is 15.4 Å². The minimum absolute atomic E-state index is 0.208. The van der Waals surface area contributed by atoms with Crippen LogP contribution in [0.1, 0.15) is 12.5 Å². The fourth-order valence-electron chi connectivity index (χ4n) is 1.59. The van der Waals surface area contributed by atoms with E-state index in [9.17, 15) is 4.79 Å². The molecule has 0 atom stereocenters. The average Bonchev–Trinajstić information content (AvgIpc) is 2.96. The zero-order valence-electron chi connectivity index (χ0n) is 12.0. The van der Waals surface area contributed by atoms with Crippen molar-refractivity contribution < 1.29 is 9.53 Å². The number of nitrogens with one attached hydrogen (secondary N) is 2. The second-order valence-corrected chi connectivity index (χ2v) is 6.99. The van der Waals surface area contributed by atoms with Crippen molar-refractivity contribution in [3.8, 4) is 5.75 Å². The van der Waals surface area contributed by atoms with Crippen LogP contribution in [0.2, 0.25) is 0 Å². The van der Waals surface area contributed by atoms with Gasteiger partial charge in [0, 0.05) is 5.56 Å². The lowest BCUT2D eigenvalue weighted by molar-refractivity contribution is -0.118. The molecule has 116 valence electrons. The molecule has 0 aliphatic carbocycles. The first-order chi connectivity index (χ1) is 10.6. The molecule has 0 saturated carbocycles. The van der Waals surface area contributed by atoms with E-state index in [-0.39, 0.29) is 11.7 Å². The molecule has 0 aliphatic heterocycles. The van der Waals surface area contributed by atoms with E-state index in [1.165, 1.54) is 23.1 Å². The molecule has 0 aliphatic rings. The Bertz CT molecular complexity index is 739. The molecule has 0 saturated heterocycles. The highest BCUT2D eigenvalue weighted by molar-refractivity contribution is 8.01. The Hall–Kier alpha value is -1.71. The van der Waals surface area contributed by atoms with Crippen LogP contribution in [0.15, 0.2) is 33.7 Å². The molecule has 2 N–H and O–H groups in total. The maximum Gasteiger partial charge on any atom is 0.250 e. The summed E-state index contributed by atoms with van der Waals surface area (Å²) in [4.78, 5) is 11.8. The van der Waals surface area contributed by atoms with Crippen LogP contribution < -0.4 is 10.2 Å². The number of carbonyl (C=O) groups is 1. The minimum Gasteiger partial charge on any atom is -0.496 e. The summed E-state index contributed by atoms with van der Waals surface area (Å²) in [5.74, 6) is 0.725. The number of thioether (sulfide) groups is 1. The summed E-state index contributed by atoms with van der Waals surface area (Å²) >= 11 is 7.57. The largest absolute Gasteiger partial charge is 0.496 e. The van der Waals surface area contributed by atoms with Crippen molar-refractivity contribution in [3.05, 3.63) is 33.8 Å². The summed E-state index contributed by atoms with van der Waals surface area (Å²) in [7, 11) is 1.60. The predicted molar refractivity (Wildman–Crippen MR) is 91.4 cm³/mol. The number of ether oxygens (including phenoxy) is 1. The number of benzene rings is 1. The topological polar surface area (TPSA) is 79.4 Å². The van der Waals surface area contributed by atoms with Crippen molar-refractivity contribution in [1.82, 2.24) is 15.6 Å². The van der Waals surface area contributed by atoms with Gasteiger partial charge in [0.15, 0.2) is 8.29 Å². The van der Waals surface area contributed by atoms with Gasteiger partial charge in [-0.05, 0) is 31.3 Å². The monoisotopic (exact) mass is 354 g/mol. The molecule has 0 fully saturated rings. The van der Waals surface area contributed by atoms with Gasteiger partial charge in [-0.3, -0.25) is 9.89 Å². The lowest BCUT2D eigenvalue weighted by Gasteiger charge is -2.07. The lowest BCUT2D eigenvalue weighted by atomic mass is 10.1. The van der Waals surface area contributed by atoms with Crippen LogP contribution in [0, 0.1) is 3.95 Å². The molecular formula is C13H14N4O2S3. The average molecular weight is 354 g/mol. The standard InChI is InChI=1S/C13H14N4O2S3/c1-8(9-5-3-4-6-10(9)19-2)14-15-11(18)7-21-13-17-16-12(20)22-13/h3-6H,7H2,1-2H3,(H,15,18)(H,16,20). The number of H-pyrrole nitrogens is 1. The molecule has 9 heteroatoms. The molecule has 0 radical (unpaired) electrons. The van der Waals surface area contributed by atoms with Crippen LogP contribution in [0.5, 0.6) is 5.75 Å². The third kappa shape index (κ3) is 4.65. The van der Waals surface area contributed by atoms with Gasteiger partial charge < -0.3 is 4.74 Å². The number of hydrazone groups is 1. The molecule has 2 rings (SSSR count). The number of amides is 1.